The highest BCUT2D eigenvalue weighted by atomic mass is 127. The Morgan fingerprint density at radius 2 is 1.83 bits per heavy atom. The summed E-state index contributed by atoms with van der Waals surface area (Å²) in [4.78, 5) is 20.6. The van der Waals surface area contributed by atoms with Gasteiger partial charge in [-0.05, 0) is 38.0 Å². The number of carbonyl (C=O) groups excluding carboxylic acids is 1. The highest BCUT2D eigenvalue weighted by Crippen LogP contribution is 2.09. The summed E-state index contributed by atoms with van der Waals surface area (Å²) in [6, 6.07) is 10.1. The van der Waals surface area contributed by atoms with Crippen LogP contribution in [0.2, 0.25) is 0 Å². The second kappa shape index (κ2) is 12.4. The van der Waals surface area contributed by atoms with Crippen molar-refractivity contribution >= 4 is 36.0 Å². The first-order chi connectivity index (χ1) is 14.2. The molecule has 0 spiro atoms. The van der Waals surface area contributed by atoms with E-state index in [1.165, 1.54) is 0 Å². The number of nitrogens with zero attached hydrogens (tertiary/aromatic N) is 5. The summed E-state index contributed by atoms with van der Waals surface area (Å²) in [5.41, 5.74) is 2.20. The third-order valence-electron chi connectivity index (χ3n) is 4.76. The Balaban J connectivity index is 0.00000320. The van der Waals surface area contributed by atoms with Gasteiger partial charge in [0.05, 0.1) is 18.5 Å². The van der Waals surface area contributed by atoms with Gasteiger partial charge in [0.15, 0.2) is 5.96 Å². The summed E-state index contributed by atoms with van der Waals surface area (Å²) in [6.07, 6.45) is 4.54. The quantitative estimate of drug-likeness (QED) is 0.356. The molecule has 0 radical (unpaired) electrons. The molecule has 1 aromatic carbocycles. The van der Waals surface area contributed by atoms with E-state index in [9.17, 15) is 4.79 Å². The predicted octanol–water partition coefficient (Wildman–Crippen LogP) is 2.77. The van der Waals surface area contributed by atoms with E-state index < -0.39 is 0 Å². The SMILES string of the molecule is CCNC(=NCCc1cnn(-c2ccccc2)c1)N1CCN(C(=O)OCC)CC1.I. The topological polar surface area (TPSA) is 75.0 Å². The van der Waals surface area contributed by atoms with E-state index >= 15 is 0 Å². The zero-order valence-corrected chi connectivity index (χ0v) is 20.0. The molecule has 0 aliphatic carbocycles. The highest BCUT2D eigenvalue weighted by Gasteiger charge is 2.23. The van der Waals surface area contributed by atoms with Crippen LogP contribution in [0.15, 0.2) is 47.7 Å². The number of para-hydroxylation sites is 1. The molecule has 2 aromatic rings. The number of benzene rings is 1. The van der Waals surface area contributed by atoms with Crippen LogP contribution in [0.25, 0.3) is 5.69 Å². The van der Waals surface area contributed by atoms with Gasteiger partial charge in [-0.3, -0.25) is 4.99 Å². The van der Waals surface area contributed by atoms with Crippen molar-refractivity contribution in [3.63, 3.8) is 0 Å². The standard InChI is InChI=1S/C21H30N6O2.HI/c1-3-22-20(25-12-14-26(15-13-25)21(28)29-4-2)23-11-10-18-16-24-27(17-18)19-8-6-5-7-9-19;/h5-9,16-17H,3-4,10-15H2,1-2H3,(H,22,23);1H. The van der Waals surface area contributed by atoms with Crippen LogP contribution in [0.3, 0.4) is 0 Å². The average Bonchev–Trinajstić information content (AvgIpc) is 3.23. The van der Waals surface area contributed by atoms with Crippen molar-refractivity contribution in [3.05, 3.63) is 48.3 Å². The smallest absolute Gasteiger partial charge is 0.409 e. The van der Waals surface area contributed by atoms with Crippen LogP contribution >= 0.6 is 24.0 Å². The van der Waals surface area contributed by atoms with E-state index in [0.717, 1.165) is 43.3 Å². The molecule has 0 saturated carbocycles. The molecule has 1 amide bonds. The average molecular weight is 526 g/mol. The molecule has 1 aromatic heterocycles. The molecule has 1 N–H and O–H groups in total. The van der Waals surface area contributed by atoms with Gasteiger partial charge >= 0.3 is 6.09 Å². The lowest BCUT2D eigenvalue weighted by Crippen LogP contribution is -2.54. The van der Waals surface area contributed by atoms with Crippen LogP contribution < -0.4 is 5.32 Å². The monoisotopic (exact) mass is 526 g/mol. The largest absolute Gasteiger partial charge is 0.450 e. The third kappa shape index (κ3) is 6.61. The first-order valence-electron chi connectivity index (χ1n) is 10.2. The number of ether oxygens (including phenoxy) is 1. The molecule has 0 unspecified atom stereocenters. The number of carbonyl (C=O) groups is 1. The van der Waals surface area contributed by atoms with Crippen molar-refractivity contribution in [3.8, 4) is 5.69 Å². The Hall–Kier alpha value is -2.30. The van der Waals surface area contributed by atoms with Crippen molar-refractivity contribution in [2.75, 3.05) is 45.9 Å². The van der Waals surface area contributed by atoms with Gasteiger partial charge in [0.1, 0.15) is 0 Å². The van der Waals surface area contributed by atoms with Crippen molar-refractivity contribution < 1.29 is 9.53 Å². The molecule has 9 heteroatoms. The summed E-state index contributed by atoms with van der Waals surface area (Å²) >= 11 is 0. The van der Waals surface area contributed by atoms with Crippen molar-refractivity contribution in [1.29, 1.82) is 0 Å². The van der Waals surface area contributed by atoms with Crippen LogP contribution in [-0.2, 0) is 11.2 Å². The summed E-state index contributed by atoms with van der Waals surface area (Å²) in [7, 11) is 0. The van der Waals surface area contributed by atoms with Gasteiger partial charge in [0.25, 0.3) is 0 Å². The van der Waals surface area contributed by atoms with Gasteiger partial charge in [-0.2, -0.15) is 5.10 Å². The molecule has 3 rings (SSSR count). The summed E-state index contributed by atoms with van der Waals surface area (Å²) in [5.74, 6) is 0.895. The van der Waals surface area contributed by atoms with Crippen molar-refractivity contribution in [2.24, 2.45) is 4.99 Å². The molecular formula is C21H31IN6O2. The summed E-state index contributed by atoms with van der Waals surface area (Å²) in [5, 5.41) is 7.80. The van der Waals surface area contributed by atoms with Crippen molar-refractivity contribution in [2.45, 2.75) is 20.3 Å². The number of guanidine groups is 1. The molecule has 2 heterocycles. The Bertz CT molecular complexity index is 803. The van der Waals surface area contributed by atoms with Gasteiger partial charge in [-0.15, -0.1) is 24.0 Å². The second-order valence-electron chi connectivity index (χ2n) is 6.79. The molecule has 1 fully saturated rings. The molecule has 0 atom stereocenters. The molecule has 1 saturated heterocycles. The normalized spacial score (nSPS) is 14.3. The Labute approximate surface area is 195 Å². The maximum Gasteiger partial charge on any atom is 0.409 e. The maximum atomic E-state index is 11.9. The van der Waals surface area contributed by atoms with Crippen LogP contribution in [0.4, 0.5) is 4.79 Å². The zero-order valence-electron chi connectivity index (χ0n) is 17.7. The van der Waals surface area contributed by atoms with Gasteiger partial charge in [0, 0.05) is 45.5 Å². The number of aromatic nitrogens is 2. The van der Waals surface area contributed by atoms with Crippen molar-refractivity contribution in [1.82, 2.24) is 24.9 Å². The number of halogens is 1. The number of rotatable bonds is 6. The number of amides is 1. The molecule has 164 valence electrons. The number of hydrogen-bond acceptors (Lipinski definition) is 4. The molecule has 30 heavy (non-hydrogen) atoms. The minimum Gasteiger partial charge on any atom is -0.450 e. The van der Waals surface area contributed by atoms with E-state index in [1.807, 2.05) is 48.1 Å². The minimum atomic E-state index is -0.232. The predicted molar refractivity (Wildman–Crippen MR) is 129 cm³/mol. The Morgan fingerprint density at radius 3 is 2.50 bits per heavy atom. The molecule has 8 nitrogen and oxygen atoms in total. The van der Waals surface area contributed by atoms with Crippen LogP contribution in [0.5, 0.6) is 0 Å². The first kappa shape index (κ1) is 24.0. The fourth-order valence-electron chi connectivity index (χ4n) is 3.24. The Morgan fingerprint density at radius 1 is 1.13 bits per heavy atom. The van der Waals surface area contributed by atoms with E-state index in [4.69, 9.17) is 9.73 Å². The fourth-order valence-corrected chi connectivity index (χ4v) is 3.24. The molecule has 1 aliphatic rings. The van der Waals surface area contributed by atoms with E-state index in [-0.39, 0.29) is 30.1 Å². The van der Waals surface area contributed by atoms with Gasteiger partial charge in [-0.25, -0.2) is 9.48 Å². The second-order valence-corrected chi connectivity index (χ2v) is 6.79. The van der Waals surface area contributed by atoms with Gasteiger partial charge in [-0.1, -0.05) is 18.2 Å². The minimum absolute atomic E-state index is 0. The van der Waals surface area contributed by atoms with Crippen LogP contribution in [0.1, 0.15) is 19.4 Å². The number of hydrogen-bond donors (Lipinski definition) is 1. The van der Waals surface area contributed by atoms with Gasteiger partial charge < -0.3 is 19.9 Å². The van der Waals surface area contributed by atoms with E-state index in [2.05, 4.69) is 28.4 Å². The third-order valence-corrected chi connectivity index (χ3v) is 4.76. The number of aliphatic imine (C=N–C) groups is 1. The van der Waals surface area contributed by atoms with Gasteiger partial charge in [0.2, 0.25) is 0 Å². The maximum absolute atomic E-state index is 11.9. The fraction of sp³-hybridized carbons (Fsp3) is 0.476. The molecule has 1 aliphatic heterocycles. The summed E-state index contributed by atoms with van der Waals surface area (Å²) < 4.78 is 6.97. The highest BCUT2D eigenvalue weighted by molar-refractivity contribution is 14.0. The lowest BCUT2D eigenvalue weighted by molar-refractivity contribution is 0.0914. The molecule has 0 bridgehead atoms. The Kier molecular flexibility index (Phi) is 9.92. The summed E-state index contributed by atoms with van der Waals surface area (Å²) in [6.45, 7) is 8.57. The van der Waals surface area contributed by atoms with Crippen LogP contribution in [0, 0.1) is 0 Å². The molecular weight excluding hydrogens is 495 g/mol. The lowest BCUT2D eigenvalue weighted by atomic mass is 10.2. The lowest BCUT2D eigenvalue weighted by Gasteiger charge is -2.35. The zero-order chi connectivity index (χ0) is 20.5. The first-order valence-corrected chi connectivity index (χ1v) is 10.2. The van der Waals surface area contributed by atoms with E-state index in [0.29, 0.717) is 26.2 Å². The number of nitrogens with one attached hydrogen (secondary N) is 1. The van der Waals surface area contributed by atoms with Crippen LogP contribution in [-0.4, -0.2) is 77.5 Å². The van der Waals surface area contributed by atoms with E-state index in [1.54, 1.807) is 4.90 Å². The number of piperazine rings is 1.